The molecule has 0 fully saturated rings. The van der Waals surface area contributed by atoms with Crippen LogP contribution in [0.25, 0.3) is 0 Å². The fourth-order valence-corrected chi connectivity index (χ4v) is 2.95. The Morgan fingerprint density at radius 2 is 1.48 bits per heavy atom. The van der Waals surface area contributed by atoms with Crippen molar-refractivity contribution >= 4 is 34.9 Å². The SMILES string of the molecule is CC/C(=N\N)NC(=O)c1cc(NC(=O)c2cc(NC(=O)C[N+](C)(C)C)cn2C)cn1C. The lowest BCUT2D eigenvalue weighted by molar-refractivity contribution is -0.861. The van der Waals surface area contributed by atoms with E-state index in [2.05, 4.69) is 21.1 Å². The lowest BCUT2D eigenvalue weighted by Crippen LogP contribution is -2.41. The third-order valence-corrected chi connectivity index (χ3v) is 4.38. The molecule has 11 nitrogen and oxygen atoms in total. The molecule has 3 amide bonds. The molecule has 2 aromatic rings. The smallest absolute Gasteiger partial charge is 0.279 e. The summed E-state index contributed by atoms with van der Waals surface area (Å²) in [6, 6.07) is 3.16. The summed E-state index contributed by atoms with van der Waals surface area (Å²) in [4.78, 5) is 37.3. The number of amides is 3. The van der Waals surface area contributed by atoms with Gasteiger partial charge < -0.3 is 35.4 Å². The van der Waals surface area contributed by atoms with Crippen LogP contribution in [0.3, 0.4) is 0 Å². The summed E-state index contributed by atoms with van der Waals surface area (Å²) in [5.74, 6) is 4.71. The van der Waals surface area contributed by atoms with Crippen molar-refractivity contribution in [3.8, 4) is 0 Å². The molecular weight excluding hydrogens is 400 g/mol. The molecule has 0 unspecified atom stereocenters. The zero-order chi connectivity index (χ0) is 23.3. The second kappa shape index (κ2) is 9.47. The van der Waals surface area contributed by atoms with E-state index in [1.807, 2.05) is 28.1 Å². The van der Waals surface area contributed by atoms with Crippen LogP contribution in [0.15, 0.2) is 29.6 Å². The molecule has 0 atom stereocenters. The Hall–Kier alpha value is -3.60. The summed E-state index contributed by atoms with van der Waals surface area (Å²) in [5, 5.41) is 11.7. The Kier molecular flexibility index (Phi) is 7.24. The Morgan fingerprint density at radius 1 is 0.968 bits per heavy atom. The highest BCUT2D eigenvalue weighted by Gasteiger charge is 2.19. The second-order valence-corrected chi connectivity index (χ2v) is 8.28. The molecule has 2 heterocycles. The van der Waals surface area contributed by atoms with Gasteiger partial charge in [-0.1, -0.05) is 6.92 Å². The van der Waals surface area contributed by atoms with Crippen molar-refractivity contribution in [1.29, 1.82) is 0 Å². The fourth-order valence-electron chi connectivity index (χ4n) is 2.95. The molecule has 0 saturated heterocycles. The van der Waals surface area contributed by atoms with Crippen molar-refractivity contribution in [1.82, 2.24) is 14.5 Å². The normalized spacial score (nSPS) is 11.9. The van der Waals surface area contributed by atoms with Crippen LogP contribution in [0.1, 0.15) is 34.3 Å². The molecule has 0 aliphatic rings. The Bertz CT molecular complexity index is 1010. The summed E-state index contributed by atoms with van der Waals surface area (Å²) >= 11 is 0. The molecule has 0 spiro atoms. The number of hydrogen-bond acceptors (Lipinski definition) is 5. The van der Waals surface area contributed by atoms with E-state index in [1.165, 1.54) is 0 Å². The summed E-state index contributed by atoms with van der Waals surface area (Å²) < 4.78 is 3.71. The summed E-state index contributed by atoms with van der Waals surface area (Å²) in [7, 11) is 9.17. The number of nitrogens with two attached hydrogens (primary N) is 1. The predicted molar refractivity (Wildman–Crippen MR) is 120 cm³/mol. The van der Waals surface area contributed by atoms with Crippen LogP contribution >= 0.6 is 0 Å². The molecule has 11 heteroatoms. The number of likely N-dealkylation sites (N-methyl/N-ethyl adjacent to an activating group) is 1. The van der Waals surface area contributed by atoms with E-state index >= 15 is 0 Å². The van der Waals surface area contributed by atoms with Gasteiger partial charge >= 0.3 is 0 Å². The molecule has 0 aromatic carbocycles. The Balaban J connectivity index is 2.10. The number of quaternary nitrogens is 1. The molecule has 0 aliphatic heterocycles. The van der Waals surface area contributed by atoms with Gasteiger partial charge in [0.1, 0.15) is 17.2 Å². The molecular formula is C20H31N8O3+. The first kappa shape index (κ1) is 23.7. The molecule has 31 heavy (non-hydrogen) atoms. The van der Waals surface area contributed by atoms with Crippen LogP contribution in [-0.2, 0) is 18.9 Å². The van der Waals surface area contributed by atoms with Crippen LogP contribution in [0.4, 0.5) is 11.4 Å². The van der Waals surface area contributed by atoms with Gasteiger partial charge in [0.05, 0.1) is 32.5 Å². The van der Waals surface area contributed by atoms with E-state index in [0.717, 1.165) is 0 Å². The number of nitrogens with zero attached hydrogens (tertiary/aromatic N) is 4. The number of rotatable bonds is 7. The topological polar surface area (TPSA) is 136 Å². The van der Waals surface area contributed by atoms with E-state index in [9.17, 15) is 14.4 Å². The first-order valence-electron chi connectivity index (χ1n) is 9.76. The molecule has 2 aromatic heterocycles. The number of hydrogen-bond donors (Lipinski definition) is 4. The van der Waals surface area contributed by atoms with Gasteiger partial charge in [0, 0.05) is 32.9 Å². The summed E-state index contributed by atoms with van der Waals surface area (Å²) in [5.41, 5.74) is 1.69. The van der Waals surface area contributed by atoms with Gasteiger partial charge in [-0.15, -0.1) is 0 Å². The van der Waals surface area contributed by atoms with Gasteiger partial charge in [-0.05, 0) is 12.1 Å². The molecule has 0 aliphatic carbocycles. The number of anilines is 2. The number of aromatic nitrogens is 2. The van der Waals surface area contributed by atoms with Crippen molar-refractivity contribution < 1.29 is 18.9 Å². The van der Waals surface area contributed by atoms with E-state index in [4.69, 9.17) is 5.84 Å². The third kappa shape index (κ3) is 6.44. The standard InChI is InChI=1S/C20H30N8O3/c1-7-17(25-21)24-20(31)16-9-14(11-27(16)3)23-19(30)15-8-13(10-26(15)2)22-18(29)12-28(4,5)6/h8-11H,7,12,21H2,1-6H3,(H2-,22,23,24,25,29,30,31)/p+1. The molecule has 2 rings (SSSR count). The highest BCUT2D eigenvalue weighted by molar-refractivity contribution is 6.08. The number of carbonyl (C=O) groups is 3. The van der Waals surface area contributed by atoms with E-state index in [0.29, 0.717) is 46.0 Å². The van der Waals surface area contributed by atoms with Gasteiger partial charge in [0.25, 0.3) is 17.7 Å². The third-order valence-electron chi connectivity index (χ3n) is 4.38. The minimum atomic E-state index is -0.379. The van der Waals surface area contributed by atoms with E-state index in [-0.39, 0.29) is 17.7 Å². The van der Waals surface area contributed by atoms with Gasteiger partial charge in [0.15, 0.2) is 6.54 Å². The molecule has 5 N–H and O–H groups in total. The number of amidine groups is 1. The molecule has 0 radical (unpaired) electrons. The average molecular weight is 432 g/mol. The van der Waals surface area contributed by atoms with Crippen LogP contribution in [0.2, 0.25) is 0 Å². The molecule has 0 bridgehead atoms. The van der Waals surface area contributed by atoms with Crippen LogP contribution < -0.4 is 21.8 Å². The first-order valence-corrected chi connectivity index (χ1v) is 9.76. The average Bonchev–Trinajstić information content (AvgIpc) is 3.19. The quantitative estimate of drug-likeness (QED) is 0.168. The maximum Gasteiger partial charge on any atom is 0.279 e. The minimum absolute atomic E-state index is 0.142. The van der Waals surface area contributed by atoms with Crippen molar-refractivity contribution in [3.05, 3.63) is 35.9 Å². The fraction of sp³-hybridized carbons (Fsp3) is 0.400. The van der Waals surface area contributed by atoms with Gasteiger partial charge in [-0.2, -0.15) is 5.10 Å². The van der Waals surface area contributed by atoms with Crippen molar-refractivity contribution in [3.63, 3.8) is 0 Å². The lowest BCUT2D eigenvalue weighted by atomic mass is 10.3. The highest BCUT2D eigenvalue weighted by Crippen LogP contribution is 2.17. The van der Waals surface area contributed by atoms with Crippen LogP contribution in [-0.4, -0.2) is 64.9 Å². The Labute approximate surface area is 181 Å². The highest BCUT2D eigenvalue weighted by atomic mass is 16.2. The van der Waals surface area contributed by atoms with Gasteiger partial charge in [-0.3, -0.25) is 14.4 Å². The second-order valence-electron chi connectivity index (χ2n) is 8.28. The van der Waals surface area contributed by atoms with Crippen LogP contribution in [0, 0.1) is 0 Å². The predicted octanol–water partition coefficient (Wildman–Crippen LogP) is 0.673. The summed E-state index contributed by atoms with van der Waals surface area (Å²) in [6.45, 7) is 2.13. The first-order chi connectivity index (χ1) is 14.4. The van der Waals surface area contributed by atoms with E-state index < -0.39 is 0 Å². The maximum absolute atomic E-state index is 12.7. The summed E-state index contributed by atoms with van der Waals surface area (Å²) in [6.07, 6.45) is 3.78. The van der Waals surface area contributed by atoms with Gasteiger partial charge in [-0.25, -0.2) is 0 Å². The monoisotopic (exact) mass is 431 g/mol. The Morgan fingerprint density at radius 3 is 1.97 bits per heavy atom. The van der Waals surface area contributed by atoms with Crippen molar-refractivity contribution in [2.45, 2.75) is 13.3 Å². The number of aryl methyl sites for hydroxylation is 2. The van der Waals surface area contributed by atoms with Gasteiger partial charge in [0.2, 0.25) is 0 Å². The largest absolute Gasteiger partial charge is 0.344 e. The molecule has 168 valence electrons. The molecule has 0 saturated carbocycles. The zero-order valence-electron chi connectivity index (χ0n) is 18.8. The number of carbonyl (C=O) groups excluding carboxylic acids is 3. The van der Waals surface area contributed by atoms with Crippen LogP contribution in [0.5, 0.6) is 0 Å². The van der Waals surface area contributed by atoms with E-state index in [1.54, 1.807) is 47.8 Å². The number of hydrazone groups is 1. The lowest BCUT2D eigenvalue weighted by Gasteiger charge is -2.22. The minimum Gasteiger partial charge on any atom is -0.344 e. The maximum atomic E-state index is 12.7. The van der Waals surface area contributed by atoms with Crippen molar-refractivity contribution in [2.75, 3.05) is 38.3 Å². The van der Waals surface area contributed by atoms with Crippen molar-refractivity contribution in [2.24, 2.45) is 25.0 Å². The zero-order valence-corrected chi connectivity index (χ0v) is 18.8. The number of nitrogens with one attached hydrogen (secondary N) is 3.